The highest BCUT2D eigenvalue weighted by Crippen LogP contribution is 2.33. The van der Waals surface area contributed by atoms with Gasteiger partial charge < -0.3 is 5.32 Å². The fourth-order valence-electron chi connectivity index (χ4n) is 1.97. The number of anilines is 1. The van der Waals surface area contributed by atoms with Crippen molar-refractivity contribution in [1.82, 2.24) is 0 Å². The average molecular weight is 354 g/mol. The monoisotopic (exact) mass is 353 g/mol. The molecule has 22 heavy (non-hydrogen) atoms. The van der Waals surface area contributed by atoms with E-state index in [-0.39, 0.29) is 11.2 Å². The first-order valence-corrected chi connectivity index (χ1v) is 8.70. The number of hydrogen-bond donors (Lipinski definition) is 1. The van der Waals surface area contributed by atoms with Crippen LogP contribution in [0, 0.1) is 6.92 Å². The smallest absolute Gasteiger partial charge is 0.234 e. The van der Waals surface area contributed by atoms with Crippen LogP contribution in [-0.2, 0) is 4.79 Å². The van der Waals surface area contributed by atoms with Crippen LogP contribution in [0.1, 0.15) is 23.3 Å². The third kappa shape index (κ3) is 4.42. The quantitative estimate of drug-likeness (QED) is 0.742. The molecule has 0 spiro atoms. The summed E-state index contributed by atoms with van der Waals surface area (Å²) < 4.78 is 0. The fraction of sp³-hybridized carbons (Fsp3) is 0.235. The van der Waals surface area contributed by atoms with Crippen LogP contribution in [0.25, 0.3) is 0 Å². The van der Waals surface area contributed by atoms with Crippen molar-refractivity contribution in [2.24, 2.45) is 0 Å². The van der Waals surface area contributed by atoms with Crippen LogP contribution >= 0.6 is 35.0 Å². The summed E-state index contributed by atoms with van der Waals surface area (Å²) in [6, 6.07) is 13.7. The standard InChI is InChI=1S/C17H17Cl2NOS/c1-11-8-9-14(18)17(16(11)19)20-15(21)10-22-12(2)13-6-4-3-5-7-13/h3-9,12H,10H2,1-2H3,(H,20,21)/t12-/m0/s1. The highest BCUT2D eigenvalue weighted by Gasteiger charge is 2.13. The van der Waals surface area contributed by atoms with Crippen molar-refractivity contribution in [3.8, 4) is 0 Å². The lowest BCUT2D eigenvalue weighted by Gasteiger charge is -2.13. The van der Waals surface area contributed by atoms with Gasteiger partial charge in [-0.05, 0) is 31.0 Å². The number of benzene rings is 2. The van der Waals surface area contributed by atoms with E-state index in [4.69, 9.17) is 23.2 Å². The predicted octanol–water partition coefficient (Wildman–Crippen LogP) is 5.73. The van der Waals surface area contributed by atoms with Crippen LogP contribution < -0.4 is 5.32 Å². The third-order valence-electron chi connectivity index (χ3n) is 3.28. The summed E-state index contributed by atoms with van der Waals surface area (Å²) in [4.78, 5) is 12.1. The lowest BCUT2D eigenvalue weighted by atomic mass is 10.2. The third-order valence-corrected chi connectivity index (χ3v) is 5.29. The van der Waals surface area contributed by atoms with Crippen molar-refractivity contribution in [2.45, 2.75) is 19.1 Å². The minimum atomic E-state index is -0.109. The van der Waals surface area contributed by atoms with E-state index < -0.39 is 0 Å². The second kappa shape index (κ2) is 7.91. The highest BCUT2D eigenvalue weighted by atomic mass is 35.5. The summed E-state index contributed by atoms with van der Waals surface area (Å²) >= 11 is 13.9. The minimum Gasteiger partial charge on any atom is -0.323 e. The molecule has 2 rings (SSSR count). The second-order valence-electron chi connectivity index (χ2n) is 4.97. The van der Waals surface area contributed by atoms with E-state index in [9.17, 15) is 4.79 Å². The highest BCUT2D eigenvalue weighted by molar-refractivity contribution is 8.00. The van der Waals surface area contributed by atoms with Gasteiger partial charge in [-0.1, -0.05) is 59.6 Å². The van der Waals surface area contributed by atoms with Gasteiger partial charge in [0.05, 0.1) is 21.5 Å². The molecule has 0 aromatic heterocycles. The van der Waals surface area contributed by atoms with Gasteiger partial charge in [-0.15, -0.1) is 11.8 Å². The minimum absolute atomic E-state index is 0.109. The van der Waals surface area contributed by atoms with Gasteiger partial charge in [0.1, 0.15) is 0 Å². The molecule has 0 fully saturated rings. The first-order chi connectivity index (χ1) is 10.5. The summed E-state index contributed by atoms with van der Waals surface area (Å²) in [6.45, 7) is 3.96. The first kappa shape index (κ1) is 17.2. The average Bonchev–Trinajstić information content (AvgIpc) is 2.53. The van der Waals surface area contributed by atoms with E-state index >= 15 is 0 Å². The number of aryl methyl sites for hydroxylation is 1. The van der Waals surface area contributed by atoms with Crippen molar-refractivity contribution >= 4 is 46.6 Å². The predicted molar refractivity (Wildman–Crippen MR) is 97.1 cm³/mol. The lowest BCUT2D eigenvalue weighted by molar-refractivity contribution is -0.113. The van der Waals surface area contributed by atoms with Crippen LogP contribution in [0.15, 0.2) is 42.5 Å². The Bertz CT molecular complexity index is 661. The van der Waals surface area contributed by atoms with E-state index in [1.165, 1.54) is 5.56 Å². The molecular weight excluding hydrogens is 337 g/mol. The number of amides is 1. The molecule has 1 amide bonds. The first-order valence-electron chi connectivity index (χ1n) is 6.90. The summed E-state index contributed by atoms with van der Waals surface area (Å²) in [7, 11) is 0. The van der Waals surface area contributed by atoms with Gasteiger partial charge in [0.15, 0.2) is 0 Å². The zero-order chi connectivity index (χ0) is 16.1. The van der Waals surface area contributed by atoms with Gasteiger partial charge in [-0.25, -0.2) is 0 Å². The number of carbonyl (C=O) groups is 1. The Morgan fingerprint density at radius 3 is 2.55 bits per heavy atom. The van der Waals surface area contributed by atoms with Crippen molar-refractivity contribution in [1.29, 1.82) is 0 Å². The van der Waals surface area contributed by atoms with Gasteiger partial charge >= 0.3 is 0 Å². The van der Waals surface area contributed by atoms with Crippen LogP contribution in [0.2, 0.25) is 10.0 Å². The molecule has 0 aliphatic carbocycles. The van der Waals surface area contributed by atoms with E-state index in [0.717, 1.165) is 5.56 Å². The second-order valence-corrected chi connectivity index (χ2v) is 7.08. The Kier molecular flexibility index (Phi) is 6.18. The van der Waals surface area contributed by atoms with Gasteiger partial charge in [0, 0.05) is 5.25 Å². The Hall–Kier alpha value is -1.16. The molecule has 1 N–H and O–H groups in total. The Balaban J connectivity index is 1.95. The largest absolute Gasteiger partial charge is 0.323 e. The maximum absolute atomic E-state index is 12.1. The zero-order valence-corrected chi connectivity index (χ0v) is 14.7. The molecule has 1 atom stereocenters. The van der Waals surface area contributed by atoms with Crippen molar-refractivity contribution < 1.29 is 4.79 Å². The maximum atomic E-state index is 12.1. The number of hydrogen-bond acceptors (Lipinski definition) is 2. The number of nitrogens with one attached hydrogen (secondary N) is 1. The molecule has 0 aliphatic rings. The molecule has 0 saturated heterocycles. The molecular formula is C17H17Cl2NOS. The molecule has 0 aliphatic heterocycles. The van der Waals surface area contributed by atoms with Crippen molar-refractivity contribution in [3.05, 3.63) is 63.6 Å². The molecule has 5 heteroatoms. The summed E-state index contributed by atoms with van der Waals surface area (Å²) in [5.74, 6) is 0.235. The summed E-state index contributed by atoms with van der Waals surface area (Å²) in [5.41, 5.74) is 2.57. The van der Waals surface area contributed by atoms with E-state index in [1.807, 2.05) is 31.2 Å². The van der Waals surface area contributed by atoms with E-state index in [1.54, 1.807) is 17.8 Å². The fourth-order valence-corrected chi connectivity index (χ4v) is 3.26. The molecule has 2 aromatic rings. The maximum Gasteiger partial charge on any atom is 0.234 e. The Labute approximate surface area is 145 Å². The van der Waals surface area contributed by atoms with Gasteiger partial charge in [0.2, 0.25) is 5.91 Å². The summed E-state index contributed by atoms with van der Waals surface area (Å²) in [6.07, 6.45) is 0. The van der Waals surface area contributed by atoms with Gasteiger partial charge in [-0.2, -0.15) is 0 Å². The normalized spacial score (nSPS) is 12.0. The molecule has 0 heterocycles. The number of rotatable bonds is 5. The zero-order valence-electron chi connectivity index (χ0n) is 12.4. The lowest BCUT2D eigenvalue weighted by Crippen LogP contribution is -2.15. The molecule has 116 valence electrons. The van der Waals surface area contributed by atoms with Crippen LogP contribution in [0.5, 0.6) is 0 Å². The van der Waals surface area contributed by atoms with E-state index in [2.05, 4.69) is 24.4 Å². The van der Waals surface area contributed by atoms with Crippen molar-refractivity contribution in [2.75, 3.05) is 11.1 Å². The van der Waals surface area contributed by atoms with Gasteiger partial charge in [-0.3, -0.25) is 4.79 Å². The Morgan fingerprint density at radius 2 is 1.86 bits per heavy atom. The molecule has 0 bridgehead atoms. The molecule has 2 aromatic carbocycles. The molecule has 2 nitrogen and oxygen atoms in total. The van der Waals surface area contributed by atoms with Crippen LogP contribution in [0.4, 0.5) is 5.69 Å². The van der Waals surface area contributed by atoms with Gasteiger partial charge in [0.25, 0.3) is 0 Å². The number of thioether (sulfide) groups is 1. The topological polar surface area (TPSA) is 29.1 Å². The molecule has 0 radical (unpaired) electrons. The number of carbonyl (C=O) groups excluding carboxylic acids is 1. The number of halogens is 2. The van der Waals surface area contributed by atoms with Crippen molar-refractivity contribution in [3.63, 3.8) is 0 Å². The molecule has 0 unspecified atom stereocenters. The molecule has 0 saturated carbocycles. The SMILES string of the molecule is Cc1ccc(Cl)c(NC(=O)CS[C@@H](C)c2ccccc2)c1Cl. The summed E-state index contributed by atoms with van der Waals surface area (Å²) in [5, 5.41) is 3.99. The van der Waals surface area contributed by atoms with E-state index in [0.29, 0.717) is 21.5 Å². The van der Waals surface area contributed by atoms with Crippen LogP contribution in [-0.4, -0.2) is 11.7 Å². The Morgan fingerprint density at radius 1 is 1.18 bits per heavy atom. The van der Waals surface area contributed by atoms with Crippen LogP contribution in [0.3, 0.4) is 0 Å².